The predicted octanol–water partition coefficient (Wildman–Crippen LogP) is -0.144. The first-order valence-corrected chi connectivity index (χ1v) is 4.37. The Labute approximate surface area is 87.0 Å². The van der Waals surface area contributed by atoms with Crippen LogP contribution in [0.3, 0.4) is 0 Å². The number of aryl methyl sites for hydroxylation is 1. The van der Waals surface area contributed by atoms with E-state index in [-0.39, 0.29) is 19.0 Å². The third-order valence-corrected chi connectivity index (χ3v) is 1.67. The monoisotopic (exact) mass is 211 g/mol. The summed E-state index contributed by atoms with van der Waals surface area (Å²) in [6, 6.07) is 3.21. The van der Waals surface area contributed by atoms with Crippen molar-refractivity contribution in [3.63, 3.8) is 0 Å². The zero-order valence-electron chi connectivity index (χ0n) is 8.34. The lowest BCUT2D eigenvalue weighted by atomic mass is 10.2. The lowest BCUT2D eigenvalue weighted by molar-refractivity contribution is 0.196. The van der Waals surface area contributed by atoms with Gasteiger partial charge in [-0.15, -0.1) is 0 Å². The largest absolute Gasteiger partial charge is 0.475 e. The van der Waals surface area contributed by atoms with E-state index in [2.05, 4.69) is 10.1 Å². The number of pyridine rings is 1. The molecule has 0 aliphatic carbocycles. The number of amidine groups is 1. The summed E-state index contributed by atoms with van der Waals surface area (Å²) in [7, 11) is 0. The zero-order valence-corrected chi connectivity index (χ0v) is 8.34. The minimum absolute atomic E-state index is 0.00523. The van der Waals surface area contributed by atoms with Crippen molar-refractivity contribution in [2.45, 2.75) is 6.92 Å². The molecule has 4 N–H and O–H groups in total. The molecule has 1 rings (SSSR count). The fourth-order valence-corrected chi connectivity index (χ4v) is 1.07. The first-order chi connectivity index (χ1) is 7.17. The van der Waals surface area contributed by atoms with Crippen LogP contribution in [0, 0.1) is 6.92 Å². The standard InChI is InChI=1S/C9H13N3O3/c1-6-4-7(9(10)12-14)5-8(11-6)15-3-2-13/h4-5,13-14H,2-3H2,1H3,(H2,10,12). The number of aliphatic hydroxyl groups excluding tert-OH is 1. The van der Waals surface area contributed by atoms with Gasteiger partial charge >= 0.3 is 0 Å². The van der Waals surface area contributed by atoms with Crippen molar-refractivity contribution in [3.8, 4) is 5.88 Å². The van der Waals surface area contributed by atoms with E-state index in [9.17, 15) is 0 Å². The van der Waals surface area contributed by atoms with E-state index in [1.807, 2.05) is 0 Å². The van der Waals surface area contributed by atoms with Crippen LogP contribution in [0.5, 0.6) is 5.88 Å². The average molecular weight is 211 g/mol. The predicted molar refractivity (Wildman–Crippen MR) is 54.1 cm³/mol. The number of aliphatic hydroxyl groups is 1. The van der Waals surface area contributed by atoms with Crippen LogP contribution in [0.2, 0.25) is 0 Å². The molecular formula is C9H13N3O3. The van der Waals surface area contributed by atoms with Crippen molar-refractivity contribution >= 4 is 5.84 Å². The Morgan fingerprint density at radius 2 is 2.33 bits per heavy atom. The maximum absolute atomic E-state index is 8.58. The van der Waals surface area contributed by atoms with Gasteiger partial charge in [0.1, 0.15) is 6.61 Å². The molecule has 82 valence electrons. The maximum atomic E-state index is 8.58. The number of nitrogens with two attached hydrogens (primary N) is 1. The van der Waals surface area contributed by atoms with Gasteiger partial charge in [0.25, 0.3) is 0 Å². The number of aromatic nitrogens is 1. The molecule has 1 aromatic heterocycles. The summed E-state index contributed by atoms with van der Waals surface area (Å²) in [6.45, 7) is 1.83. The Kier molecular flexibility index (Phi) is 3.87. The molecule has 1 aromatic rings. The van der Waals surface area contributed by atoms with Crippen LogP contribution in [0.4, 0.5) is 0 Å². The average Bonchev–Trinajstić information content (AvgIpc) is 2.24. The molecule has 0 aliphatic rings. The molecule has 0 bridgehead atoms. The normalized spacial score (nSPS) is 11.5. The topological polar surface area (TPSA) is 101 Å². The Balaban J connectivity index is 2.94. The van der Waals surface area contributed by atoms with Gasteiger partial charge in [-0.1, -0.05) is 5.16 Å². The minimum Gasteiger partial charge on any atom is -0.475 e. The Bertz CT molecular complexity index is 366. The quantitative estimate of drug-likeness (QED) is 0.278. The summed E-state index contributed by atoms with van der Waals surface area (Å²) in [4.78, 5) is 4.06. The summed E-state index contributed by atoms with van der Waals surface area (Å²) < 4.78 is 5.12. The maximum Gasteiger partial charge on any atom is 0.214 e. The van der Waals surface area contributed by atoms with Crippen molar-refractivity contribution in [3.05, 3.63) is 23.4 Å². The summed E-state index contributed by atoms with van der Waals surface area (Å²) in [5.41, 5.74) is 6.64. The first-order valence-electron chi connectivity index (χ1n) is 4.37. The van der Waals surface area contributed by atoms with E-state index in [4.69, 9.17) is 20.8 Å². The number of hydrogen-bond donors (Lipinski definition) is 3. The summed E-state index contributed by atoms with van der Waals surface area (Å²) in [5, 5.41) is 20.0. The van der Waals surface area contributed by atoms with Gasteiger partial charge in [-0.3, -0.25) is 0 Å². The van der Waals surface area contributed by atoms with Crippen LogP contribution >= 0.6 is 0 Å². The first kappa shape index (κ1) is 11.3. The summed E-state index contributed by atoms with van der Waals surface area (Å²) >= 11 is 0. The Morgan fingerprint density at radius 3 is 2.93 bits per heavy atom. The second-order valence-corrected chi connectivity index (χ2v) is 2.89. The van der Waals surface area contributed by atoms with Gasteiger partial charge in [0.05, 0.1) is 6.61 Å². The molecule has 15 heavy (non-hydrogen) atoms. The molecule has 0 aromatic carbocycles. The highest BCUT2D eigenvalue weighted by Crippen LogP contribution is 2.12. The second-order valence-electron chi connectivity index (χ2n) is 2.89. The van der Waals surface area contributed by atoms with Crippen molar-refractivity contribution in [2.24, 2.45) is 10.9 Å². The van der Waals surface area contributed by atoms with Gasteiger partial charge in [-0.2, -0.15) is 0 Å². The SMILES string of the molecule is Cc1cc(/C(N)=N/O)cc(OCCO)n1. The zero-order chi connectivity index (χ0) is 11.3. The highest BCUT2D eigenvalue weighted by Gasteiger charge is 2.04. The highest BCUT2D eigenvalue weighted by molar-refractivity contribution is 5.97. The van der Waals surface area contributed by atoms with Gasteiger partial charge < -0.3 is 20.8 Å². The fourth-order valence-electron chi connectivity index (χ4n) is 1.07. The Morgan fingerprint density at radius 1 is 1.60 bits per heavy atom. The number of hydrogen-bond acceptors (Lipinski definition) is 5. The molecule has 0 fully saturated rings. The molecular weight excluding hydrogens is 198 g/mol. The minimum atomic E-state index is -0.0888. The molecule has 6 nitrogen and oxygen atoms in total. The third-order valence-electron chi connectivity index (χ3n) is 1.67. The molecule has 0 saturated carbocycles. The van der Waals surface area contributed by atoms with Crippen LogP contribution in [0.1, 0.15) is 11.3 Å². The van der Waals surface area contributed by atoms with E-state index < -0.39 is 0 Å². The summed E-state index contributed by atoms with van der Waals surface area (Å²) in [5.74, 6) is 0.333. The van der Waals surface area contributed by atoms with Gasteiger partial charge in [0, 0.05) is 17.3 Å². The van der Waals surface area contributed by atoms with Crippen molar-refractivity contribution in [2.75, 3.05) is 13.2 Å². The van der Waals surface area contributed by atoms with E-state index in [0.29, 0.717) is 17.1 Å². The van der Waals surface area contributed by atoms with Crippen molar-refractivity contribution in [1.29, 1.82) is 0 Å². The van der Waals surface area contributed by atoms with Crippen LogP contribution in [0.15, 0.2) is 17.3 Å². The molecule has 6 heteroatoms. The molecule has 1 heterocycles. The second kappa shape index (κ2) is 5.16. The third kappa shape index (κ3) is 3.10. The van der Waals surface area contributed by atoms with Crippen LogP contribution in [0.25, 0.3) is 0 Å². The number of oxime groups is 1. The lowest BCUT2D eigenvalue weighted by Crippen LogP contribution is -2.14. The number of ether oxygens (including phenoxy) is 1. The number of nitrogens with zero attached hydrogens (tertiary/aromatic N) is 2. The van der Waals surface area contributed by atoms with Crippen LogP contribution < -0.4 is 10.5 Å². The number of rotatable bonds is 4. The molecule has 0 spiro atoms. The molecule has 0 unspecified atom stereocenters. The van der Waals surface area contributed by atoms with E-state index in [1.54, 1.807) is 13.0 Å². The van der Waals surface area contributed by atoms with Crippen LogP contribution in [-0.4, -0.2) is 34.3 Å². The van der Waals surface area contributed by atoms with Crippen molar-refractivity contribution < 1.29 is 15.1 Å². The van der Waals surface area contributed by atoms with Gasteiger partial charge in [-0.25, -0.2) is 4.98 Å². The van der Waals surface area contributed by atoms with Gasteiger partial charge in [0.15, 0.2) is 5.84 Å². The van der Waals surface area contributed by atoms with Gasteiger partial charge in [0.2, 0.25) is 5.88 Å². The van der Waals surface area contributed by atoms with E-state index in [0.717, 1.165) is 0 Å². The Hall–Kier alpha value is -1.82. The summed E-state index contributed by atoms with van der Waals surface area (Å²) in [6.07, 6.45) is 0. The van der Waals surface area contributed by atoms with E-state index in [1.165, 1.54) is 6.07 Å². The molecule has 0 atom stereocenters. The molecule has 0 saturated heterocycles. The molecule has 0 amide bonds. The smallest absolute Gasteiger partial charge is 0.214 e. The van der Waals surface area contributed by atoms with Crippen LogP contribution in [-0.2, 0) is 0 Å². The lowest BCUT2D eigenvalue weighted by Gasteiger charge is -2.06. The van der Waals surface area contributed by atoms with Crippen molar-refractivity contribution in [1.82, 2.24) is 4.98 Å². The molecule has 0 aliphatic heterocycles. The highest BCUT2D eigenvalue weighted by atomic mass is 16.5. The van der Waals surface area contributed by atoms with E-state index >= 15 is 0 Å². The van der Waals surface area contributed by atoms with Gasteiger partial charge in [-0.05, 0) is 13.0 Å². The fraction of sp³-hybridized carbons (Fsp3) is 0.333. The molecule has 0 radical (unpaired) electrons.